The van der Waals surface area contributed by atoms with Crippen LogP contribution in [-0.2, 0) is 0 Å². The molecule has 1 heterocycles. The number of amides is 1. The van der Waals surface area contributed by atoms with Crippen molar-refractivity contribution in [3.8, 4) is 0 Å². The molecule has 0 bridgehead atoms. The fraction of sp³-hybridized carbons (Fsp3) is 0.312. The fourth-order valence-corrected chi connectivity index (χ4v) is 2.72. The van der Waals surface area contributed by atoms with E-state index in [1.807, 2.05) is 39.8 Å². The maximum absolute atomic E-state index is 12.3. The molecule has 0 saturated heterocycles. The van der Waals surface area contributed by atoms with Gasteiger partial charge in [0.05, 0.1) is 0 Å². The van der Waals surface area contributed by atoms with Crippen LogP contribution in [0.4, 0.5) is 5.69 Å². The van der Waals surface area contributed by atoms with Gasteiger partial charge in [0.2, 0.25) is 0 Å². The quantitative estimate of drug-likeness (QED) is 0.690. The van der Waals surface area contributed by atoms with E-state index in [4.69, 9.17) is 0 Å². The zero-order valence-electron chi connectivity index (χ0n) is 12.7. The minimum Gasteiger partial charge on any atom is -0.321 e. The zero-order valence-corrected chi connectivity index (χ0v) is 13.5. The third kappa shape index (κ3) is 4.29. The Bertz CT molecular complexity index is 650. The Morgan fingerprint density at radius 1 is 1.10 bits per heavy atom. The van der Waals surface area contributed by atoms with Crippen LogP contribution in [0.2, 0.25) is 0 Å². The van der Waals surface area contributed by atoms with Gasteiger partial charge in [0.15, 0.2) is 5.16 Å². The molecule has 0 aliphatic rings. The molecule has 2 rings (SSSR count). The lowest BCUT2D eigenvalue weighted by Gasteiger charge is -2.08. The molecule has 1 amide bonds. The molecule has 1 aromatic heterocycles. The van der Waals surface area contributed by atoms with Crippen LogP contribution in [0.1, 0.15) is 34.2 Å². The molecular weight excluding hydrogens is 282 g/mol. The van der Waals surface area contributed by atoms with Crippen molar-refractivity contribution in [2.45, 2.75) is 32.9 Å². The molecular formula is C16H19N3OS. The van der Waals surface area contributed by atoms with Crippen LogP contribution in [0.5, 0.6) is 0 Å². The Morgan fingerprint density at radius 2 is 1.76 bits per heavy atom. The molecule has 0 fully saturated rings. The number of rotatable bonds is 4. The molecule has 21 heavy (non-hydrogen) atoms. The summed E-state index contributed by atoms with van der Waals surface area (Å²) in [6.45, 7) is 7.92. The van der Waals surface area contributed by atoms with Crippen LogP contribution in [0.15, 0.2) is 29.4 Å². The molecule has 0 aliphatic heterocycles. The van der Waals surface area contributed by atoms with Crippen LogP contribution in [0.25, 0.3) is 0 Å². The first-order valence-electron chi connectivity index (χ1n) is 6.86. The summed E-state index contributed by atoms with van der Waals surface area (Å²) in [4.78, 5) is 21.0. The van der Waals surface area contributed by atoms with Crippen molar-refractivity contribution in [1.82, 2.24) is 9.97 Å². The molecule has 0 aliphatic carbocycles. The first-order valence-corrected chi connectivity index (χ1v) is 7.84. The Hall–Kier alpha value is -1.88. The number of aromatic nitrogens is 2. The highest BCUT2D eigenvalue weighted by molar-refractivity contribution is 7.99. The molecule has 0 radical (unpaired) electrons. The van der Waals surface area contributed by atoms with Crippen molar-refractivity contribution >= 4 is 23.4 Å². The third-order valence-corrected chi connectivity index (χ3v) is 3.55. The van der Waals surface area contributed by atoms with E-state index in [0.29, 0.717) is 10.9 Å². The number of anilines is 1. The second-order valence-corrected chi connectivity index (χ2v) is 6.17. The zero-order chi connectivity index (χ0) is 15.4. The molecule has 1 aromatic carbocycles. The van der Waals surface area contributed by atoms with Gasteiger partial charge in [-0.2, -0.15) is 0 Å². The number of nitrogens with zero attached hydrogens (tertiary/aromatic N) is 2. The van der Waals surface area contributed by atoms with E-state index < -0.39 is 0 Å². The predicted molar refractivity (Wildman–Crippen MR) is 87.0 cm³/mol. The van der Waals surface area contributed by atoms with Crippen molar-refractivity contribution in [2.75, 3.05) is 11.1 Å². The van der Waals surface area contributed by atoms with E-state index in [0.717, 1.165) is 28.3 Å². The molecule has 2 aromatic rings. The van der Waals surface area contributed by atoms with Gasteiger partial charge in [-0.05, 0) is 55.9 Å². The maximum Gasteiger partial charge on any atom is 0.274 e. The Balaban J connectivity index is 2.23. The minimum absolute atomic E-state index is 0.205. The molecule has 110 valence electrons. The number of carbonyl (C=O) groups excluding carboxylic acids is 1. The molecule has 5 heteroatoms. The summed E-state index contributed by atoms with van der Waals surface area (Å²) in [5, 5.41) is 3.54. The second kappa shape index (κ2) is 6.72. The van der Waals surface area contributed by atoms with Crippen LogP contribution in [0.3, 0.4) is 0 Å². The number of benzene rings is 1. The Morgan fingerprint density at radius 3 is 2.38 bits per heavy atom. The van der Waals surface area contributed by atoms with Crippen molar-refractivity contribution in [1.29, 1.82) is 0 Å². The van der Waals surface area contributed by atoms with Crippen LogP contribution in [0, 0.1) is 20.8 Å². The van der Waals surface area contributed by atoms with Gasteiger partial charge in [-0.25, -0.2) is 9.97 Å². The predicted octanol–water partition coefficient (Wildman–Crippen LogP) is 3.77. The Labute approximate surface area is 129 Å². The molecule has 0 unspecified atom stereocenters. The van der Waals surface area contributed by atoms with E-state index >= 15 is 0 Å². The van der Waals surface area contributed by atoms with E-state index in [2.05, 4.69) is 21.4 Å². The minimum atomic E-state index is -0.205. The monoisotopic (exact) mass is 301 g/mol. The first-order chi connectivity index (χ1) is 9.97. The smallest absolute Gasteiger partial charge is 0.274 e. The van der Waals surface area contributed by atoms with E-state index in [1.54, 1.807) is 6.07 Å². The van der Waals surface area contributed by atoms with Crippen molar-refractivity contribution < 1.29 is 4.79 Å². The average Bonchev–Trinajstić information content (AvgIpc) is 2.37. The molecule has 0 atom stereocenters. The summed E-state index contributed by atoms with van der Waals surface area (Å²) >= 11 is 1.53. The van der Waals surface area contributed by atoms with Crippen LogP contribution >= 0.6 is 11.8 Å². The molecule has 1 N–H and O–H groups in total. The van der Waals surface area contributed by atoms with E-state index in [-0.39, 0.29) is 5.91 Å². The van der Waals surface area contributed by atoms with Crippen LogP contribution in [-0.4, -0.2) is 21.6 Å². The fourth-order valence-electron chi connectivity index (χ4n) is 2.09. The maximum atomic E-state index is 12.3. The molecule has 0 spiro atoms. The van der Waals surface area contributed by atoms with Gasteiger partial charge in [0.1, 0.15) is 5.69 Å². The third-order valence-electron chi connectivity index (χ3n) is 2.82. The normalized spacial score (nSPS) is 10.5. The van der Waals surface area contributed by atoms with Crippen molar-refractivity contribution in [2.24, 2.45) is 0 Å². The first kappa shape index (κ1) is 15.5. The number of nitrogens with one attached hydrogen (secondary N) is 1. The summed E-state index contributed by atoms with van der Waals surface area (Å²) in [6, 6.07) is 7.67. The summed E-state index contributed by atoms with van der Waals surface area (Å²) in [5.74, 6) is 0.671. The number of aryl methyl sites for hydroxylation is 3. The van der Waals surface area contributed by atoms with E-state index in [1.165, 1.54) is 11.8 Å². The SMILES string of the molecule is CCSc1nc(C)cc(C(=O)Nc2cc(C)cc(C)c2)n1. The lowest BCUT2D eigenvalue weighted by atomic mass is 10.1. The van der Waals surface area contributed by atoms with Gasteiger partial charge in [0, 0.05) is 11.4 Å². The lowest BCUT2D eigenvalue weighted by molar-refractivity contribution is 0.102. The summed E-state index contributed by atoms with van der Waals surface area (Å²) in [5.41, 5.74) is 4.22. The number of hydrogen-bond donors (Lipinski definition) is 1. The summed E-state index contributed by atoms with van der Waals surface area (Å²) in [6.07, 6.45) is 0. The largest absolute Gasteiger partial charge is 0.321 e. The van der Waals surface area contributed by atoms with Gasteiger partial charge < -0.3 is 5.32 Å². The standard InChI is InChI=1S/C16H19N3OS/c1-5-21-16-17-12(4)9-14(19-16)15(20)18-13-7-10(2)6-11(3)8-13/h6-9H,5H2,1-4H3,(H,18,20). The van der Waals surface area contributed by atoms with Gasteiger partial charge in [-0.15, -0.1) is 0 Å². The lowest BCUT2D eigenvalue weighted by Crippen LogP contribution is -2.15. The summed E-state index contributed by atoms with van der Waals surface area (Å²) in [7, 11) is 0. The molecule has 0 saturated carbocycles. The van der Waals surface area contributed by atoms with E-state index in [9.17, 15) is 4.79 Å². The topological polar surface area (TPSA) is 54.9 Å². The van der Waals surface area contributed by atoms with Gasteiger partial charge in [-0.1, -0.05) is 24.8 Å². The van der Waals surface area contributed by atoms with Gasteiger partial charge >= 0.3 is 0 Å². The number of hydrogen-bond acceptors (Lipinski definition) is 4. The highest BCUT2D eigenvalue weighted by atomic mass is 32.2. The van der Waals surface area contributed by atoms with Crippen LogP contribution < -0.4 is 5.32 Å². The molecule has 4 nitrogen and oxygen atoms in total. The van der Waals surface area contributed by atoms with Crippen molar-refractivity contribution in [3.63, 3.8) is 0 Å². The number of carbonyl (C=O) groups is 1. The highest BCUT2D eigenvalue weighted by Crippen LogP contribution is 2.17. The van der Waals surface area contributed by atoms with Crippen molar-refractivity contribution in [3.05, 3.63) is 46.8 Å². The average molecular weight is 301 g/mol. The van der Waals surface area contributed by atoms with Gasteiger partial charge in [-0.3, -0.25) is 4.79 Å². The Kier molecular flexibility index (Phi) is 4.96. The second-order valence-electron chi connectivity index (χ2n) is 4.94. The highest BCUT2D eigenvalue weighted by Gasteiger charge is 2.11. The van der Waals surface area contributed by atoms with Gasteiger partial charge in [0.25, 0.3) is 5.91 Å². The summed E-state index contributed by atoms with van der Waals surface area (Å²) < 4.78 is 0. The number of thioether (sulfide) groups is 1.